The molecule has 2 aromatic heterocycles. The van der Waals surface area contributed by atoms with E-state index in [0.717, 1.165) is 0 Å². The average Bonchev–Trinajstić information content (AvgIpc) is 2.78. The van der Waals surface area contributed by atoms with Gasteiger partial charge < -0.3 is 5.73 Å². The number of halogens is 1. The second-order valence-corrected chi connectivity index (χ2v) is 5.12. The van der Waals surface area contributed by atoms with Gasteiger partial charge in [0.05, 0.1) is 26.3 Å². The van der Waals surface area contributed by atoms with Crippen LogP contribution in [0.5, 0.6) is 0 Å². The van der Waals surface area contributed by atoms with Crippen molar-refractivity contribution in [2.45, 2.75) is 13.8 Å². The topological polar surface area (TPSA) is 60.9 Å². The molecule has 84 valence electrons. The number of hydrogen-bond acceptors (Lipinski definition) is 4. The number of aryl methyl sites for hydroxylation is 1. The molecule has 0 saturated carbocycles. The third-order valence-electron chi connectivity index (χ3n) is 2.32. The molecule has 2 N–H and O–H groups in total. The van der Waals surface area contributed by atoms with E-state index in [1.807, 2.05) is 0 Å². The van der Waals surface area contributed by atoms with Gasteiger partial charge in [-0.1, -0.05) is 11.6 Å². The van der Waals surface area contributed by atoms with Crippen molar-refractivity contribution in [1.29, 1.82) is 0 Å². The van der Waals surface area contributed by atoms with E-state index in [0.29, 0.717) is 26.3 Å². The molecule has 0 fully saturated rings. The van der Waals surface area contributed by atoms with Crippen LogP contribution >= 0.6 is 22.9 Å². The third kappa shape index (κ3) is 1.72. The van der Waals surface area contributed by atoms with Gasteiger partial charge in [-0.3, -0.25) is 4.79 Å². The standard InChI is InChI=1S/C10H10ClN3OS/c1-5-9(12)6(2)14(13-5)10(15)7-3-4-8(11)16-7/h3-4H,12H2,1-2H3. The van der Waals surface area contributed by atoms with Gasteiger partial charge in [0.15, 0.2) is 0 Å². The number of nitrogens with zero attached hydrogens (tertiary/aromatic N) is 2. The lowest BCUT2D eigenvalue weighted by atomic mass is 10.3. The highest BCUT2D eigenvalue weighted by atomic mass is 35.5. The van der Waals surface area contributed by atoms with E-state index in [1.165, 1.54) is 16.0 Å². The monoisotopic (exact) mass is 255 g/mol. The Hall–Kier alpha value is -1.33. The van der Waals surface area contributed by atoms with Crippen LogP contribution in [0.15, 0.2) is 12.1 Å². The first-order valence-corrected chi connectivity index (χ1v) is 5.82. The van der Waals surface area contributed by atoms with Crippen molar-refractivity contribution in [3.05, 3.63) is 32.7 Å². The summed E-state index contributed by atoms with van der Waals surface area (Å²) in [5.74, 6) is -0.200. The summed E-state index contributed by atoms with van der Waals surface area (Å²) in [7, 11) is 0. The fraction of sp³-hybridized carbons (Fsp3) is 0.200. The summed E-state index contributed by atoms with van der Waals surface area (Å²) < 4.78 is 1.89. The molecule has 16 heavy (non-hydrogen) atoms. The molecular formula is C10H10ClN3OS. The Labute approximate surface area is 102 Å². The number of thiophene rings is 1. The van der Waals surface area contributed by atoms with Crippen molar-refractivity contribution >= 4 is 34.5 Å². The summed E-state index contributed by atoms with van der Waals surface area (Å²) >= 11 is 7.01. The molecule has 2 aromatic rings. The highest BCUT2D eigenvalue weighted by Gasteiger charge is 2.17. The minimum atomic E-state index is -0.200. The molecule has 4 nitrogen and oxygen atoms in total. The first-order chi connectivity index (χ1) is 7.50. The summed E-state index contributed by atoms with van der Waals surface area (Å²) in [6.07, 6.45) is 0. The molecule has 0 spiro atoms. The first kappa shape index (κ1) is 11.2. The van der Waals surface area contributed by atoms with Gasteiger partial charge >= 0.3 is 0 Å². The molecule has 2 heterocycles. The Bertz CT molecular complexity index is 558. The van der Waals surface area contributed by atoms with Crippen LogP contribution in [0.1, 0.15) is 21.1 Å². The Morgan fingerprint density at radius 2 is 2.19 bits per heavy atom. The first-order valence-electron chi connectivity index (χ1n) is 4.62. The molecule has 0 amide bonds. The van der Waals surface area contributed by atoms with Crippen LogP contribution in [0.4, 0.5) is 5.69 Å². The molecular weight excluding hydrogens is 246 g/mol. The van der Waals surface area contributed by atoms with Crippen molar-refractivity contribution in [2.24, 2.45) is 0 Å². The molecule has 0 aliphatic heterocycles. The quantitative estimate of drug-likeness (QED) is 0.852. The van der Waals surface area contributed by atoms with Crippen molar-refractivity contribution in [3.63, 3.8) is 0 Å². The van der Waals surface area contributed by atoms with E-state index >= 15 is 0 Å². The van der Waals surface area contributed by atoms with Crippen LogP contribution in [0, 0.1) is 13.8 Å². The Morgan fingerprint density at radius 1 is 1.50 bits per heavy atom. The van der Waals surface area contributed by atoms with Crippen LogP contribution in [0.3, 0.4) is 0 Å². The number of nitrogens with two attached hydrogens (primary N) is 1. The number of rotatable bonds is 1. The Morgan fingerprint density at radius 3 is 2.62 bits per heavy atom. The zero-order valence-electron chi connectivity index (χ0n) is 8.82. The number of carbonyl (C=O) groups is 1. The molecule has 0 aliphatic carbocycles. The van der Waals surface area contributed by atoms with Gasteiger partial charge in [-0.25, -0.2) is 0 Å². The van der Waals surface area contributed by atoms with Crippen LogP contribution in [0.25, 0.3) is 0 Å². The van der Waals surface area contributed by atoms with Gasteiger partial charge in [-0.15, -0.1) is 11.3 Å². The van der Waals surface area contributed by atoms with Gasteiger partial charge in [-0.2, -0.15) is 9.78 Å². The van der Waals surface area contributed by atoms with E-state index in [2.05, 4.69) is 5.10 Å². The molecule has 0 radical (unpaired) electrons. The lowest BCUT2D eigenvalue weighted by molar-refractivity contribution is 0.0946. The van der Waals surface area contributed by atoms with E-state index < -0.39 is 0 Å². The van der Waals surface area contributed by atoms with Gasteiger partial charge in [0.2, 0.25) is 0 Å². The number of anilines is 1. The van der Waals surface area contributed by atoms with E-state index in [4.69, 9.17) is 17.3 Å². The van der Waals surface area contributed by atoms with Crippen LogP contribution in [-0.2, 0) is 0 Å². The second kappa shape index (κ2) is 3.92. The zero-order valence-corrected chi connectivity index (χ0v) is 10.4. The highest BCUT2D eigenvalue weighted by molar-refractivity contribution is 7.18. The molecule has 0 unspecified atom stereocenters. The van der Waals surface area contributed by atoms with Crippen molar-refractivity contribution in [2.75, 3.05) is 5.73 Å². The average molecular weight is 256 g/mol. The van der Waals surface area contributed by atoms with E-state index in [-0.39, 0.29) is 5.91 Å². The largest absolute Gasteiger partial charge is 0.396 e. The van der Waals surface area contributed by atoms with Gasteiger partial charge in [0.1, 0.15) is 0 Å². The minimum absolute atomic E-state index is 0.200. The third-order valence-corrected chi connectivity index (χ3v) is 3.54. The van der Waals surface area contributed by atoms with E-state index in [9.17, 15) is 4.79 Å². The second-order valence-electron chi connectivity index (χ2n) is 3.41. The van der Waals surface area contributed by atoms with Gasteiger partial charge in [-0.05, 0) is 26.0 Å². The summed E-state index contributed by atoms with van der Waals surface area (Å²) in [5.41, 5.74) is 7.64. The zero-order chi connectivity index (χ0) is 11.9. The van der Waals surface area contributed by atoms with Crippen LogP contribution in [0.2, 0.25) is 4.34 Å². The van der Waals surface area contributed by atoms with Crippen molar-refractivity contribution < 1.29 is 4.79 Å². The Balaban J connectivity index is 2.45. The van der Waals surface area contributed by atoms with Gasteiger partial charge in [0, 0.05) is 0 Å². The maximum Gasteiger partial charge on any atom is 0.288 e. The molecule has 0 saturated heterocycles. The lowest BCUT2D eigenvalue weighted by Gasteiger charge is -1.99. The molecule has 0 aliphatic rings. The smallest absolute Gasteiger partial charge is 0.288 e. The summed E-state index contributed by atoms with van der Waals surface area (Å²) in [4.78, 5) is 12.6. The fourth-order valence-electron chi connectivity index (χ4n) is 1.39. The Kier molecular flexibility index (Phi) is 2.73. The number of hydrogen-bond donors (Lipinski definition) is 1. The normalized spacial score (nSPS) is 10.7. The van der Waals surface area contributed by atoms with Gasteiger partial charge in [0.25, 0.3) is 5.91 Å². The summed E-state index contributed by atoms with van der Waals surface area (Å²) in [6, 6.07) is 3.37. The number of aromatic nitrogens is 2. The molecule has 6 heteroatoms. The maximum atomic E-state index is 12.0. The summed E-state index contributed by atoms with van der Waals surface area (Å²) in [5, 5.41) is 4.10. The molecule has 0 bridgehead atoms. The molecule has 2 rings (SSSR count). The fourth-order valence-corrected chi connectivity index (χ4v) is 2.35. The molecule has 0 atom stereocenters. The van der Waals surface area contributed by atoms with Crippen LogP contribution < -0.4 is 5.73 Å². The van der Waals surface area contributed by atoms with Crippen LogP contribution in [-0.4, -0.2) is 15.7 Å². The molecule has 0 aromatic carbocycles. The number of carbonyl (C=O) groups excluding carboxylic acids is 1. The van der Waals surface area contributed by atoms with E-state index in [1.54, 1.807) is 26.0 Å². The number of nitrogen functional groups attached to an aromatic ring is 1. The van der Waals surface area contributed by atoms with Crippen molar-refractivity contribution in [3.8, 4) is 0 Å². The predicted octanol–water partition coefficient (Wildman–Crippen LogP) is 2.49. The highest BCUT2D eigenvalue weighted by Crippen LogP contribution is 2.23. The maximum absolute atomic E-state index is 12.0. The summed E-state index contributed by atoms with van der Waals surface area (Å²) in [6.45, 7) is 3.54. The van der Waals surface area contributed by atoms with Crippen molar-refractivity contribution in [1.82, 2.24) is 9.78 Å². The lowest BCUT2D eigenvalue weighted by Crippen LogP contribution is -2.14. The SMILES string of the molecule is Cc1nn(C(=O)c2ccc(Cl)s2)c(C)c1N. The predicted molar refractivity (Wildman–Crippen MR) is 65.2 cm³/mol. The minimum Gasteiger partial charge on any atom is -0.396 e.